The molecular formula is C22H25NO4. The van der Waals surface area contributed by atoms with Crippen LogP contribution in [0.25, 0.3) is 0 Å². The van der Waals surface area contributed by atoms with Gasteiger partial charge in [0, 0.05) is 13.1 Å². The molecule has 0 aromatic heterocycles. The average Bonchev–Trinajstić information content (AvgIpc) is 3.04. The maximum Gasteiger partial charge on any atom is 0.308 e. The molecule has 1 saturated heterocycles. The molecule has 1 aliphatic rings. The maximum absolute atomic E-state index is 12.6. The van der Waals surface area contributed by atoms with Crippen molar-refractivity contribution in [3.8, 4) is 5.75 Å². The average molecular weight is 367 g/mol. The summed E-state index contributed by atoms with van der Waals surface area (Å²) in [6.45, 7) is 5.20. The lowest BCUT2D eigenvalue weighted by molar-refractivity contribution is -0.142. The number of carboxylic acids is 1. The van der Waals surface area contributed by atoms with E-state index in [1.54, 1.807) is 4.90 Å². The van der Waals surface area contributed by atoms with Crippen molar-refractivity contribution in [2.45, 2.75) is 26.9 Å². The molecule has 1 fully saturated rings. The van der Waals surface area contributed by atoms with Crippen LogP contribution in [0.5, 0.6) is 5.75 Å². The molecule has 2 atom stereocenters. The SMILES string of the molecule is Cc1ccccc1COc1cccc(CC(=O)N2C[C@@H](C)[C@H](C(=O)O)C2)c1. The van der Waals surface area contributed by atoms with Gasteiger partial charge in [-0.25, -0.2) is 0 Å². The predicted octanol–water partition coefficient (Wildman–Crippen LogP) is 3.30. The van der Waals surface area contributed by atoms with Crippen LogP contribution in [0.4, 0.5) is 0 Å². The molecule has 0 bridgehead atoms. The van der Waals surface area contributed by atoms with E-state index in [4.69, 9.17) is 4.74 Å². The number of aryl methyl sites for hydroxylation is 1. The molecular weight excluding hydrogens is 342 g/mol. The molecule has 5 heteroatoms. The molecule has 1 amide bonds. The number of rotatable bonds is 6. The van der Waals surface area contributed by atoms with Gasteiger partial charge in [0.15, 0.2) is 0 Å². The highest BCUT2D eigenvalue weighted by atomic mass is 16.5. The van der Waals surface area contributed by atoms with E-state index in [0.29, 0.717) is 19.7 Å². The van der Waals surface area contributed by atoms with Gasteiger partial charge < -0.3 is 14.7 Å². The smallest absolute Gasteiger partial charge is 0.308 e. The minimum atomic E-state index is -0.829. The molecule has 0 spiro atoms. The molecule has 1 aliphatic heterocycles. The molecule has 27 heavy (non-hydrogen) atoms. The fourth-order valence-electron chi connectivity index (χ4n) is 3.46. The predicted molar refractivity (Wildman–Crippen MR) is 103 cm³/mol. The van der Waals surface area contributed by atoms with E-state index in [9.17, 15) is 14.7 Å². The Kier molecular flexibility index (Phi) is 5.79. The van der Waals surface area contributed by atoms with Gasteiger partial charge in [0.25, 0.3) is 0 Å². The highest BCUT2D eigenvalue weighted by molar-refractivity contribution is 5.81. The van der Waals surface area contributed by atoms with Crippen molar-refractivity contribution in [1.29, 1.82) is 0 Å². The van der Waals surface area contributed by atoms with Crippen LogP contribution in [0.15, 0.2) is 48.5 Å². The van der Waals surface area contributed by atoms with E-state index in [1.165, 1.54) is 5.56 Å². The summed E-state index contributed by atoms with van der Waals surface area (Å²) in [5, 5.41) is 9.23. The lowest BCUT2D eigenvalue weighted by Crippen LogP contribution is -2.31. The first-order chi connectivity index (χ1) is 12.9. The van der Waals surface area contributed by atoms with Gasteiger partial charge in [0.05, 0.1) is 12.3 Å². The maximum atomic E-state index is 12.6. The summed E-state index contributed by atoms with van der Waals surface area (Å²) in [5.41, 5.74) is 3.18. The summed E-state index contributed by atoms with van der Waals surface area (Å²) in [5.74, 6) is -0.638. The fraction of sp³-hybridized carbons (Fsp3) is 0.364. The highest BCUT2D eigenvalue weighted by Gasteiger charge is 2.36. The molecule has 0 radical (unpaired) electrons. The number of carboxylic acid groups (broad SMARTS) is 1. The van der Waals surface area contributed by atoms with Gasteiger partial charge in [-0.1, -0.05) is 43.3 Å². The third-order valence-electron chi connectivity index (χ3n) is 5.19. The normalized spacial score (nSPS) is 19.1. The zero-order chi connectivity index (χ0) is 19.4. The molecule has 5 nitrogen and oxygen atoms in total. The van der Waals surface area contributed by atoms with Gasteiger partial charge >= 0.3 is 5.97 Å². The third kappa shape index (κ3) is 4.67. The number of carbonyl (C=O) groups excluding carboxylic acids is 1. The number of aliphatic carboxylic acids is 1. The second-order valence-corrected chi connectivity index (χ2v) is 7.26. The molecule has 1 heterocycles. The van der Waals surface area contributed by atoms with Crippen LogP contribution in [0.2, 0.25) is 0 Å². The van der Waals surface area contributed by atoms with Crippen molar-refractivity contribution in [2.24, 2.45) is 11.8 Å². The number of ether oxygens (including phenoxy) is 1. The van der Waals surface area contributed by atoms with Crippen LogP contribution in [-0.2, 0) is 22.6 Å². The number of hydrogen-bond acceptors (Lipinski definition) is 3. The second kappa shape index (κ2) is 8.25. The number of carbonyl (C=O) groups is 2. The second-order valence-electron chi connectivity index (χ2n) is 7.26. The number of hydrogen-bond donors (Lipinski definition) is 1. The van der Waals surface area contributed by atoms with Crippen molar-refractivity contribution in [2.75, 3.05) is 13.1 Å². The van der Waals surface area contributed by atoms with Crippen LogP contribution in [0, 0.1) is 18.8 Å². The molecule has 3 rings (SSSR count). The Morgan fingerprint density at radius 3 is 2.63 bits per heavy atom. The van der Waals surface area contributed by atoms with E-state index in [0.717, 1.165) is 16.9 Å². The van der Waals surface area contributed by atoms with Gasteiger partial charge in [-0.2, -0.15) is 0 Å². The number of benzene rings is 2. The van der Waals surface area contributed by atoms with Crippen LogP contribution in [0.3, 0.4) is 0 Å². The Hall–Kier alpha value is -2.82. The lowest BCUT2D eigenvalue weighted by atomic mass is 9.99. The van der Waals surface area contributed by atoms with Crippen molar-refractivity contribution < 1.29 is 19.4 Å². The summed E-state index contributed by atoms with van der Waals surface area (Å²) in [6, 6.07) is 15.6. The van der Waals surface area contributed by atoms with Crippen molar-refractivity contribution >= 4 is 11.9 Å². The van der Waals surface area contributed by atoms with E-state index < -0.39 is 11.9 Å². The molecule has 2 aromatic carbocycles. The molecule has 142 valence electrons. The summed E-state index contributed by atoms with van der Waals surface area (Å²) in [4.78, 5) is 25.5. The first kappa shape index (κ1) is 19.0. The van der Waals surface area contributed by atoms with Crippen LogP contribution in [0.1, 0.15) is 23.6 Å². The Morgan fingerprint density at radius 2 is 1.93 bits per heavy atom. The summed E-state index contributed by atoms with van der Waals surface area (Å²) >= 11 is 0. The number of amides is 1. The zero-order valence-electron chi connectivity index (χ0n) is 15.7. The lowest BCUT2D eigenvalue weighted by Gasteiger charge is -2.16. The van der Waals surface area contributed by atoms with Crippen molar-refractivity contribution in [3.63, 3.8) is 0 Å². The van der Waals surface area contributed by atoms with Gasteiger partial charge in [0.2, 0.25) is 5.91 Å². The minimum Gasteiger partial charge on any atom is -0.489 e. The quantitative estimate of drug-likeness (QED) is 0.851. The summed E-state index contributed by atoms with van der Waals surface area (Å²) < 4.78 is 5.88. The summed E-state index contributed by atoms with van der Waals surface area (Å²) in [7, 11) is 0. The Bertz CT molecular complexity index is 833. The topological polar surface area (TPSA) is 66.8 Å². The first-order valence-electron chi connectivity index (χ1n) is 9.21. The Morgan fingerprint density at radius 1 is 1.15 bits per heavy atom. The standard InChI is InChI=1S/C22H25NO4/c1-15-6-3-4-8-18(15)14-27-19-9-5-7-17(10-19)11-21(24)23-12-16(2)20(13-23)22(25)26/h3-10,16,20H,11-14H2,1-2H3,(H,25,26)/t16-,20-/m1/s1. The molecule has 0 unspecified atom stereocenters. The van der Waals surface area contributed by atoms with Crippen LogP contribution in [-0.4, -0.2) is 35.0 Å². The molecule has 0 aliphatic carbocycles. The zero-order valence-corrected chi connectivity index (χ0v) is 15.7. The molecule has 0 saturated carbocycles. The van der Waals surface area contributed by atoms with Crippen molar-refractivity contribution in [3.05, 3.63) is 65.2 Å². The van der Waals surface area contributed by atoms with Gasteiger partial charge in [-0.15, -0.1) is 0 Å². The van der Waals surface area contributed by atoms with E-state index >= 15 is 0 Å². The first-order valence-corrected chi connectivity index (χ1v) is 9.21. The van der Waals surface area contributed by atoms with E-state index in [-0.39, 0.29) is 18.2 Å². The number of likely N-dealkylation sites (tertiary alicyclic amines) is 1. The monoisotopic (exact) mass is 367 g/mol. The molecule has 1 N–H and O–H groups in total. The Balaban J connectivity index is 1.60. The largest absolute Gasteiger partial charge is 0.489 e. The van der Waals surface area contributed by atoms with Crippen molar-refractivity contribution in [1.82, 2.24) is 4.90 Å². The number of nitrogens with zero attached hydrogens (tertiary/aromatic N) is 1. The molecule has 2 aromatic rings. The summed E-state index contributed by atoms with van der Waals surface area (Å²) in [6.07, 6.45) is 0.251. The fourth-order valence-corrected chi connectivity index (χ4v) is 3.46. The van der Waals surface area contributed by atoms with Gasteiger partial charge in [0.1, 0.15) is 12.4 Å². The van der Waals surface area contributed by atoms with Crippen LogP contribution >= 0.6 is 0 Å². The Labute approximate surface area is 159 Å². The minimum absolute atomic E-state index is 0.0183. The van der Waals surface area contributed by atoms with Gasteiger partial charge in [-0.3, -0.25) is 9.59 Å². The van der Waals surface area contributed by atoms with E-state index in [1.807, 2.05) is 49.4 Å². The van der Waals surface area contributed by atoms with E-state index in [2.05, 4.69) is 13.0 Å². The third-order valence-corrected chi connectivity index (χ3v) is 5.19. The highest BCUT2D eigenvalue weighted by Crippen LogP contribution is 2.24. The van der Waals surface area contributed by atoms with Crippen LogP contribution < -0.4 is 4.74 Å². The van der Waals surface area contributed by atoms with Gasteiger partial charge in [-0.05, 0) is 41.7 Å².